The van der Waals surface area contributed by atoms with Crippen LogP contribution in [0.3, 0.4) is 0 Å². The molecule has 7 nitrogen and oxygen atoms in total. The van der Waals surface area contributed by atoms with E-state index in [1.54, 1.807) is 20.8 Å². The van der Waals surface area contributed by atoms with Crippen molar-refractivity contribution < 1.29 is 27.9 Å². The maximum Gasteiger partial charge on any atom is 0.322 e. The van der Waals surface area contributed by atoms with Crippen molar-refractivity contribution in [2.75, 3.05) is 12.4 Å². The van der Waals surface area contributed by atoms with E-state index in [4.69, 9.17) is 5.11 Å². The zero-order valence-corrected chi connectivity index (χ0v) is 12.2. The van der Waals surface area contributed by atoms with E-state index in [1.807, 2.05) is 0 Å². The van der Waals surface area contributed by atoms with Crippen molar-refractivity contribution in [2.24, 2.45) is 5.92 Å². The Hall–Kier alpha value is -1.15. The van der Waals surface area contributed by atoms with Crippen LogP contribution in [0.1, 0.15) is 33.6 Å². The number of carboxylic acids is 1. The van der Waals surface area contributed by atoms with Crippen molar-refractivity contribution in [2.45, 2.75) is 39.7 Å². The van der Waals surface area contributed by atoms with Gasteiger partial charge in [-0.15, -0.1) is 0 Å². The molecule has 0 aliphatic heterocycles. The molecule has 0 fully saturated rings. The molecule has 0 aliphatic rings. The zero-order chi connectivity index (χ0) is 15.1. The third-order valence-electron chi connectivity index (χ3n) is 2.67. The number of carbonyl (C=O) groups is 2. The van der Waals surface area contributed by atoms with Crippen molar-refractivity contribution in [3.63, 3.8) is 0 Å². The monoisotopic (exact) mass is 295 g/mol. The van der Waals surface area contributed by atoms with Crippen molar-refractivity contribution >= 4 is 22.0 Å². The Kier molecular flexibility index (Phi) is 7.62. The second-order valence-electron chi connectivity index (χ2n) is 4.19. The number of carboxylic acid groups (broad SMARTS) is 1. The molecule has 0 radical (unpaired) electrons. The molecule has 112 valence electrons. The summed E-state index contributed by atoms with van der Waals surface area (Å²) in [6.07, 6.45) is 0.230. The van der Waals surface area contributed by atoms with Crippen molar-refractivity contribution in [1.29, 1.82) is 0 Å². The van der Waals surface area contributed by atoms with Crippen LogP contribution in [0.2, 0.25) is 0 Å². The molecule has 1 unspecified atom stereocenters. The van der Waals surface area contributed by atoms with E-state index in [9.17, 15) is 18.0 Å². The van der Waals surface area contributed by atoms with Gasteiger partial charge in [0.05, 0.1) is 18.8 Å². The maximum atomic E-state index is 11.7. The van der Waals surface area contributed by atoms with Gasteiger partial charge in [0.25, 0.3) is 0 Å². The SMILES string of the molecule is CCOC(=O)CCS(=O)(=O)N[C@H](C(=O)O)C(C)CC. The summed E-state index contributed by atoms with van der Waals surface area (Å²) in [5.74, 6) is -2.67. The Morgan fingerprint density at radius 1 is 1.32 bits per heavy atom. The Balaban J connectivity index is 4.56. The number of rotatable bonds is 9. The molecule has 8 heteroatoms. The standard InChI is InChI=1S/C11H21NO6S/c1-4-8(3)10(11(14)15)12-19(16,17)7-6-9(13)18-5-2/h8,10,12H,4-7H2,1-3H3,(H,14,15)/t8?,10-/m0/s1. The molecule has 2 atom stereocenters. The summed E-state index contributed by atoms with van der Waals surface area (Å²) in [6, 6.07) is -1.18. The maximum absolute atomic E-state index is 11.7. The van der Waals surface area contributed by atoms with E-state index in [-0.39, 0.29) is 18.9 Å². The highest BCUT2D eigenvalue weighted by molar-refractivity contribution is 7.89. The molecule has 0 heterocycles. The number of nitrogens with one attached hydrogen (secondary N) is 1. The number of carbonyl (C=O) groups excluding carboxylic acids is 1. The first-order valence-electron chi connectivity index (χ1n) is 6.11. The predicted octanol–water partition coefficient (Wildman–Crippen LogP) is 0.358. The van der Waals surface area contributed by atoms with Gasteiger partial charge in [-0.3, -0.25) is 9.59 Å². The van der Waals surface area contributed by atoms with Gasteiger partial charge in [0.15, 0.2) is 0 Å². The lowest BCUT2D eigenvalue weighted by atomic mass is 10.0. The van der Waals surface area contributed by atoms with Gasteiger partial charge in [-0.2, -0.15) is 0 Å². The lowest BCUT2D eigenvalue weighted by Crippen LogP contribution is -2.45. The zero-order valence-electron chi connectivity index (χ0n) is 11.4. The molecule has 2 N–H and O–H groups in total. The van der Waals surface area contributed by atoms with Crippen LogP contribution in [0.4, 0.5) is 0 Å². The number of sulfonamides is 1. The van der Waals surface area contributed by atoms with Crippen LogP contribution in [0.5, 0.6) is 0 Å². The highest BCUT2D eigenvalue weighted by Gasteiger charge is 2.28. The predicted molar refractivity (Wildman–Crippen MR) is 69.1 cm³/mol. The highest BCUT2D eigenvalue weighted by Crippen LogP contribution is 2.09. The molecule has 0 bridgehead atoms. The normalized spacial score (nSPS) is 14.7. The number of hydrogen-bond donors (Lipinski definition) is 2. The van der Waals surface area contributed by atoms with Crippen LogP contribution in [0.15, 0.2) is 0 Å². The molecular formula is C11H21NO6S. The number of ether oxygens (including phenoxy) is 1. The van der Waals surface area contributed by atoms with E-state index in [0.717, 1.165) is 0 Å². The minimum atomic E-state index is -3.83. The van der Waals surface area contributed by atoms with Crippen LogP contribution in [0.25, 0.3) is 0 Å². The summed E-state index contributed by atoms with van der Waals surface area (Å²) in [4.78, 5) is 22.1. The molecule has 0 saturated heterocycles. The minimum absolute atomic E-state index is 0.178. The number of hydrogen-bond acceptors (Lipinski definition) is 5. The smallest absolute Gasteiger partial charge is 0.322 e. The summed E-state index contributed by atoms with van der Waals surface area (Å²) in [5, 5.41) is 8.98. The first-order valence-corrected chi connectivity index (χ1v) is 7.77. The van der Waals surface area contributed by atoms with Gasteiger partial charge >= 0.3 is 11.9 Å². The number of esters is 1. The first kappa shape index (κ1) is 17.8. The molecular weight excluding hydrogens is 274 g/mol. The number of aliphatic carboxylic acids is 1. The van der Waals surface area contributed by atoms with Gasteiger partial charge in [0, 0.05) is 0 Å². The fourth-order valence-corrected chi connectivity index (χ4v) is 2.62. The summed E-state index contributed by atoms with van der Waals surface area (Å²) < 4.78 is 30.1. The van der Waals surface area contributed by atoms with Gasteiger partial charge in [-0.1, -0.05) is 20.3 Å². The van der Waals surface area contributed by atoms with Crippen LogP contribution >= 0.6 is 0 Å². The van der Waals surface area contributed by atoms with Gasteiger partial charge in [0.1, 0.15) is 6.04 Å². The lowest BCUT2D eigenvalue weighted by Gasteiger charge is -2.19. The third-order valence-corrected chi connectivity index (χ3v) is 4.02. The van der Waals surface area contributed by atoms with Crippen molar-refractivity contribution in [3.05, 3.63) is 0 Å². The van der Waals surface area contributed by atoms with Crippen LogP contribution < -0.4 is 4.72 Å². The second-order valence-corrected chi connectivity index (χ2v) is 6.07. The van der Waals surface area contributed by atoms with E-state index < -0.39 is 33.8 Å². The van der Waals surface area contributed by atoms with Crippen molar-refractivity contribution in [3.8, 4) is 0 Å². The van der Waals surface area contributed by atoms with Crippen LogP contribution in [-0.2, 0) is 24.3 Å². The summed E-state index contributed by atoms with van der Waals surface area (Å²) >= 11 is 0. The van der Waals surface area contributed by atoms with Crippen LogP contribution in [0, 0.1) is 5.92 Å². The molecule has 0 amide bonds. The average molecular weight is 295 g/mol. The summed E-state index contributed by atoms with van der Waals surface area (Å²) in [5.41, 5.74) is 0. The Morgan fingerprint density at radius 2 is 1.89 bits per heavy atom. The fraction of sp³-hybridized carbons (Fsp3) is 0.818. The van der Waals surface area contributed by atoms with Crippen LogP contribution in [-0.4, -0.2) is 43.9 Å². The Bertz CT molecular complexity index is 405. The van der Waals surface area contributed by atoms with E-state index in [2.05, 4.69) is 9.46 Å². The largest absolute Gasteiger partial charge is 0.480 e. The third kappa shape index (κ3) is 7.12. The highest BCUT2D eigenvalue weighted by atomic mass is 32.2. The molecule has 0 saturated carbocycles. The van der Waals surface area contributed by atoms with Gasteiger partial charge < -0.3 is 9.84 Å². The molecule has 0 aromatic rings. The summed E-state index contributed by atoms with van der Waals surface area (Å²) in [7, 11) is -3.83. The topological polar surface area (TPSA) is 110 Å². The van der Waals surface area contributed by atoms with E-state index in [1.165, 1.54) is 0 Å². The molecule has 0 aromatic carbocycles. The van der Waals surface area contributed by atoms with Gasteiger partial charge in [-0.05, 0) is 12.8 Å². The molecule has 0 spiro atoms. The van der Waals surface area contributed by atoms with Gasteiger partial charge in [0.2, 0.25) is 10.0 Å². The molecule has 0 aliphatic carbocycles. The van der Waals surface area contributed by atoms with E-state index >= 15 is 0 Å². The minimum Gasteiger partial charge on any atom is -0.480 e. The second kappa shape index (κ2) is 8.11. The lowest BCUT2D eigenvalue weighted by molar-refractivity contribution is -0.142. The molecule has 19 heavy (non-hydrogen) atoms. The molecule has 0 rings (SSSR count). The summed E-state index contributed by atoms with van der Waals surface area (Å²) in [6.45, 7) is 5.21. The first-order chi connectivity index (χ1) is 8.73. The fourth-order valence-electron chi connectivity index (χ4n) is 1.35. The Morgan fingerprint density at radius 3 is 2.32 bits per heavy atom. The Labute approximate surface area is 113 Å². The molecule has 0 aromatic heterocycles. The van der Waals surface area contributed by atoms with E-state index in [0.29, 0.717) is 6.42 Å². The average Bonchev–Trinajstić information content (AvgIpc) is 2.33. The van der Waals surface area contributed by atoms with Crippen molar-refractivity contribution in [1.82, 2.24) is 4.72 Å². The quantitative estimate of drug-likeness (QED) is 0.594. The van der Waals surface area contributed by atoms with Gasteiger partial charge in [-0.25, -0.2) is 13.1 Å².